The van der Waals surface area contributed by atoms with E-state index in [0.29, 0.717) is 12.8 Å². The average molecular weight is 159 g/mol. The number of hydrogen-bond acceptors (Lipinski definition) is 1. The first-order chi connectivity index (χ1) is 5.12. The van der Waals surface area contributed by atoms with Crippen LogP contribution in [0.15, 0.2) is 0 Å². The molecule has 1 rings (SSSR count). The predicted octanol–water partition coefficient (Wildman–Crippen LogP) is 2.25. The van der Waals surface area contributed by atoms with Crippen molar-refractivity contribution in [2.24, 2.45) is 11.7 Å². The van der Waals surface area contributed by atoms with Crippen LogP contribution >= 0.6 is 0 Å². The zero-order chi connectivity index (χ0) is 8.48. The van der Waals surface area contributed by atoms with Gasteiger partial charge in [0.05, 0.1) is 0 Å². The zero-order valence-corrected chi connectivity index (χ0v) is 7.44. The van der Waals surface area contributed by atoms with Gasteiger partial charge in [0.1, 0.15) is 5.67 Å². The highest BCUT2D eigenvalue weighted by Crippen LogP contribution is 2.44. The fraction of sp³-hybridized carbons (Fsp3) is 1.00. The van der Waals surface area contributed by atoms with Gasteiger partial charge in [0.2, 0.25) is 0 Å². The molecule has 1 fully saturated rings. The molecule has 66 valence electrons. The molecule has 0 spiro atoms. The first-order valence-corrected chi connectivity index (χ1v) is 4.57. The van der Waals surface area contributed by atoms with Gasteiger partial charge in [-0.25, -0.2) is 4.39 Å². The summed E-state index contributed by atoms with van der Waals surface area (Å²) < 4.78 is 13.7. The molecule has 1 nitrogen and oxygen atoms in total. The fourth-order valence-electron chi connectivity index (χ4n) is 2.17. The molecular formula is C9H18FN. The maximum atomic E-state index is 13.7. The number of alkyl halides is 1. The van der Waals surface area contributed by atoms with E-state index in [-0.39, 0.29) is 12.0 Å². The van der Waals surface area contributed by atoms with Crippen molar-refractivity contribution in [2.45, 2.75) is 51.2 Å². The van der Waals surface area contributed by atoms with Crippen LogP contribution in [0.1, 0.15) is 39.5 Å². The Balaban J connectivity index is 2.44. The second kappa shape index (κ2) is 3.10. The van der Waals surface area contributed by atoms with Crippen LogP contribution in [-0.2, 0) is 0 Å². The second-order valence-corrected chi connectivity index (χ2v) is 3.72. The standard InChI is InChI=1S/C9H18FN/c1-3-7(4-2)9(10)5-8(11)6-9/h7-8H,3-6,11H2,1-2H3. The minimum Gasteiger partial charge on any atom is -0.327 e. The monoisotopic (exact) mass is 159 g/mol. The lowest BCUT2D eigenvalue weighted by atomic mass is 9.68. The average Bonchev–Trinajstić information content (AvgIpc) is 1.87. The van der Waals surface area contributed by atoms with E-state index < -0.39 is 5.67 Å². The van der Waals surface area contributed by atoms with E-state index in [1.165, 1.54) is 0 Å². The van der Waals surface area contributed by atoms with Crippen LogP contribution < -0.4 is 5.73 Å². The molecule has 0 bridgehead atoms. The molecule has 0 atom stereocenters. The molecule has 0 heterocycles. The Morgan fingerprint density at radius 2 is 1.91 bits per heavy atom. The molecule has 0 aromatic rings. The van der Waals surface area contributed by atoms with Crippen molar-refractivity contribution < 1.29 is 4.39 Å². The first kappa shape index (κ1) is 8.98. The number of nitrogens with two attached hydrogens (primary N) is 1. The van der Waals surface area contributed by atoms with Gasteiger partial charge in [-0.05, 0) is 18.8 Å². The lowest BCUT2D eigenvalue weighted by Gasteiger charge is -2.44. The van der Waals surface area contributed by atoms with E-state index in [1.807, 2.05) is 0 Å². The highest BCUT2D eigenvalue weighted by atomic mass is 19.1. The minimum atomic E-state index is -0.914. The van der Waals surface area contributed by atoms with Gasteiger partial charge >= 0.3 is 0 Å². The number of halogens is 1. The van der Waals surface area contributed by atoms with Crippen molar-refractivity contribution in [3.63, 3.8) is 0 Å². The molecule has 2 N–H and O–H groups in total. The van der Waals surface area contributed by atoms with E-state index in [4.69, 9.17) is 5.73 Å². The van der Waals surface area contributed by atoms with Gasteiger partial charge in [-0.2, -0.15) is 0 Å². The summed E-state index contributed by atoms with van der Waals surface area (Å²) in [5.41, 5.74) is 4.65. The first-order valence-electron chi connectivity index (χ1n) is 4.57. The maximum Gasteiger partial charge on any atom is 0.116 e. The van der Waals surface area contributed by atoms with Crippen molar-refractivity contribution >= 4 is 0 Å². The molecule has 0 aromatic carbocycles. The molecule has 0 aromatic heterocycles. The Hall–Kier alpha value is -0.110. The summed E-state index contributed by atoms with van der Waals surface area (Å²) in [5, 5.41) is 0. The minimum absolute atomic E-state index is 0.126. The molecule has 0 saturated heterocycles. The van der Waals surface area contributed by atoms with Crippen molar-refractivity contribution in [2.75, 3.05) is 0 Å². The van der Waals surface area contributed by atoms with Crippen LogP contribution in [0, 0.1) is 5.92 Å². The summed E-state index contributed by atoms with van der Waals surface area (Å²) in [5.74, 6) is 0.238. The Kier molecular flexibility index (Phi) is 2.53. The quantitative estimate of drug-likeness (QED) is 0.671. The molecular weight excluding hydrogens is 141 g/mol. The molecule has 1 saturated carbocycles. The van der Waals surface area contributed by atoms with Gasteiger partial charge in [0, 0.05) is 6.04 Å². The third kappa shape index (κ3) is 1.56. The summed E-state index contributed by atoms with van der Waals surface area (Å²) in [6.45, 7) is 4.11. The normalized spacial score (nSPS) is 37.4. The van der Waals surface area contributed by atoms with Gasteiger partial charge in [-0.3, -0.25) is 0 Å². The van der Waals surface area contributed by atoms with E-state index in [2.05, 4.69) is 13.8 Å². The Labute approximate surface area is 68.2 Å². The summed E-state index contributed by atoms with van der Waals surface area (Å²) in [6, 6.07) is 0.126. The molecule has 0 aliphatic heterocycles. The lowest BCUT2D eigenvalue weighted by Crippen LogP contribution is -2.52. The molecule has 1 aliphatic rings. The second-order valence-electron chi connectivity index (χ2n) is 3.72. The van der Waals surface area contributed by atoms with Crippen LogP contribution in [0.4, 0.5) is 4.39 Å². The maximum absolute atomic E-state index is 13.7. The van der Waals surface area contributed by atoms with E-state index >= 15 is 0 Å². The fourth-order valence-corrected chi connectivity index (χ4v) is 2.17. The molecule has 1 aliphatic carbocycles. The van der Waals surface area contributed by atoms with Gasteiger partial charge in [-0.1, -0.05) is 26.7 Å². The summed E-state index contributed by atoms with van der Waals surface area (Å²) in [7, 11) is 0. The molecule has 11 heavy (non-hydrogen) atoms. The number of rotatable bonds is 3. The van der Waals surface area contributed by atoms with Crippen LogP contribution in [0.2, 0.25) is 0 Å². The molecule has 2 heteroatoms. The van der Waals surface area contributed by atoms with Crippen LogP contribution in [0.5, 0.6) is 0 Å². The summed E-state index contributed by atoms with van der Waals surface area (Å²) in [4.78, 5) is 0. The van der Waals surface area contributed by atoms with E-state index in [9.17, 15) is 4.39 Å². The number of hydrogen-bond donors (Lipinski definition) is 1. The summed E-state index contributed by atoms with van der Waals surface area (Å²) >= 11 is 0. The van der Waals surface area contributed by atoms with Gasteiger partial charge in [-0.15, -0.1) is 0 Å². The molecule has 0 unspecified atom stereocenters. The summed E-state index contributed by atoms with van der Waals surface area (Å²) in [6.07, 6.45) is 3.05. The van der Waals surface area contributed by atoms with Crippen LogP contribution in [-0.4, -0.2) is 11.7 Å². The molecule has 0 amide bonds. The predicted molar refractivity (Wildman–Crippen MR) is 45.1 cm³/mol. The van der Waals surface area contributed by atoms with Crippen molar-refractivity contribution in [3.8, 4) is 0 Å². The Bertz CT molecular complexity index is 126. The Morgan fingerprint density at radius 1 is 1.45 bits per heavy atom. The van der Waals surface area contributed by atoms with Crippen LogP contribution in [0.25, 0.3) is 0 Å². The van der Waals surface area contributed by atoms with E-state index in [1.54, 1.807) is 0 Å². The SMILES string of the molecule is CCC(CC)C1(F)CC(N)C1. The smallest absolute Gasteiger partial charge is 0.116 e. The Morgan fingerprint density at radius 3 is 2.18 bits per heavy atom. The van der Waals surface area contributed by atoms with Crippen LogP contribution in [0.3, 0.4) is 0 Å². The zero-order valence-electron chi connectivity index (χ0n) is 7.44. The van der Waals surface area contributed by atoms with Crippen molar-refractivity contribution in [1.29, 1.82) is 0 Å². The highest BCUT2D eigenvalue weighted by Gasteiger charge is 2.47. The van der Waals surface area contributed by atoms with E-state index in [0.717, 1.165) is 12.8 Å². The topological polar surface area (TPSA) is 26.0 Å². The van der Waals surface area contributed by atoms with Gasteiger partial charge < -0.3 is 5.73 Å². The van der Waals surface area contributed by atoms with Gasteiger partial charge in [0.25, 0.3) is 0 Å². The van der Waals surface area contributed by atoms with Crippen molar-refractivity contribution in [3.05, 3.63) is 0 Å². The third-order valence-corrected chi connectivity index (χ3v) is 2.92. The van der Waals surface area contributed by atoms with Crippen molar-refractivity contribution in [1.82, 2.24) is 0 Å². The van der Waals surface area contributed by atoms with Gasteiger partial charge in [0.15, 0.2) is 0 Å². The largest absolute Gasteiger partial charge is 0.327 e. The third-order valence-electron chi connectivity index (χ3n) is 2.92. The lowest BCUT2D eigenvalue weighted by molar-refractivity contribution is -0.0192. The highest BCUT2D eigenvalue weighted by molar-refractivity contribution is 5.00. The molecule has 0 radical (unpaired) electrons.